The van der Waals surface area contributed by atoms with Crippen molar-refractivity contribution < 1.29 is 5.11 Å². The molecule has 1 heterocycles. The lowest BCUT2D eigenvalue weighted by atomic mass is 10.1. The van der Waals surface area contributed by atoms with E-state index in [9.17, 15) is 5.11 Å². The standard InChI is InChI=1S/C11H20N6O/c1-17(2)11-15-9(12)14-10(16-11)13-6-7-4-3-5-8(7)18/h7-8,18H,3-6H2,1-2H3,(H3,12,13,14,15,16). The number of rotatable bonds is 4. The quantitative estimate of drug-likeness (QED) is 0.698. The number of nitrogens with zero attached hydrogens (tertiary/aromatic N) is 4. The van der Waals surface area contributed by atoms with Crippen LogP contribution in [0.1, 0.15) is 19.3 Å². The third-order valence-corrected chi connectivity index (χ3v) is 3.18. The van der Waals surface area contributed by atoms with Crippen molar-refractivity contribution in [2.45, 2.75) is 25.4 Å². The molecule has 100 valence electrons. The molecule has 1 aliphatic carbocycles. The van der Waals surface area contributed by atoms with Crippen LogP contribution in [-0.4, -0.2) is 46.8 Å². The van der Waals surface area contributed by atoms with Crippen molar-refractivity contribution in [3.05, 3.63) is 0 Å². The number of hydrogen-bond donors (Lipinski definition) is 3. The third-order valence-electron chi connectivity index (χ3n) is 3.18. The fourth-order valence-corrected chi connectivity index (χ4v) is 2.14. The fourth-order valence-electron chi connectivity index (χ4n) is 2.14. The first-order chi connectivity index (χ1) is 8.56. The summed E-state index contributed by atoms with van der Waals surface area (Å²) in [5.74, 6) is 1.45. The number of hydrogen-bond acceptors (Lipinski definition) is 7. The fraction of sp³-hybridized carbons (Fsp3) is 0.727. The molecule has 0 amide bonds. The van der Waals surface area contributed by atoms with Crippen LogP contribution in [0.25, 0.3) is 0 Å². The molecule has 0 radical (unpaired) electrons. The lowest BCUT2D eigenvalue weighted by Crippen LogP contribution is -2.23. The summed E-state index contributed by atoms with van der Waals surface area (Å²) in [7, 11) is 3.69. The van der Waals surface area contributed by atoms with Crippen LogP contribution in [0.15, 0.2) is 0 Å². The average Bonchev–Trinajstić information content (AvgIpc) is 2.71. The average molecular weight is 252 g/mol. The molecular weight excluding hydrogens is 232 g/mol. The van der Waals surface area contributed by atoms with Gasteiger partial charge in [-0.25, -0.2) is 0 Å². The Morgan fingerprint density at radius 2 is 2.11 bits per heavy atom. The number of aliphatic hydroxyl groups excluding tert-OH is 1. The SMILES string of the molecule is CN(C)c1nc(N)nc(NCC2CCCC2O)n1. The second-order valence-electron chi connectivity index (χ2n) is 4.85. The minimum absolute atomic E-state index is 0.197. The Morgan fingerprint density at radius 1 is 1.33 bits per heavy atom. The Labute approximate surface area is 106 Å². The maximum Gasteiger partial charge on any atom is 0.231 e. The van der Waals surface area contributed by atoms with Crippen molar-refractivity contribution in [1.29, 1.82) is 0 Å². The summed E-state index contributed by atoms with van der Waals surface area (Å²) in [5.41, 5.74) is 5.63. The number of nitrogen functional groups attached to an aromatic ring is 1. The Kier molecular flexibility index (Phi) is 3.81. The molecule has 0 aliphatic heterocycles. The van der Waals surface area contributed by atoms with Gasteiger partial charge in [-0.1, -0.05) is 6.42 Å². The summed E-state index contributed by atoms with van der Waals surface area (Å²) in [4.78, 5) is 14.1. The van der Waals surface area contributed by atoms with Gasteiger partial charge in [0.1, 0.15) is 0 Å². The maximum atomic E-state index is 9.74. The molecule has 7 heteroatoms. The molecule has 7 nitrogen and oxygen atoms in total. The zero-order valence-electron chi connectivity index (χ0n) is 10.8. The molecule has 0 aromatic carbocycles. The lowest BCUT2D eigenvalue weighted by Gasteiger charge is -2.16. The number of aromatic nitrogens is 3. The molecule has 4 N–H and O–H groups in total. The number of anilines is 3. The molecule has 18 heavy (non-hydrogen) atoms. The molecule has 0 saturated heterocycles. The minimum Gasteiger partial charge on any atom is -0.393 e. The predicted octanol–water partition coefficient (Wildman–Crippen LogP) is 0.0927. The van der Waals surface area contributed by atoms with Crippen molar-refractivity contribution in [2.75, 3.05) is 36.6 Å². The van der Waals surface area contributed by atoms with Crippen LogP contribution in [0.5, 0.6) is 0 Å². The van der Waals surface area contributed by atoms with E-state index in [0.29, 0.717) is 18.4 Å². The first-order valence-electron chi connectivity index (χ1n) is 6.17. The van der Waals surface area contributed by atoms with Crippen LogP contribution in [0, 0.1) is 5.92 Å². The van der Waals surface area contributed by atoms with Gasteiger partial charge in [-0.3, -0.25) is 0 Å². The number of nitrogens with two attached hydrogens (primary N) is 1. The highest BCUT2D eigenvalue weighted by molar-refractivity contribution is 5.40. The summed E-state index contributed by atoms with van der Waals surface area (Å²) in [6.45, 7) is 0.664. The molecule has 0 bridgehead atoms. The normalized spacial score (nSPS) is 23.1. The highest BCUT2D eigenvalue weighted by atomic mass is 16.3. The molecule has 0 spiro atoms. The van der Waals surface area contributed by atoms with Crippen molar-refractivity contribution in [1.82, 2.24) is 15.0 Å². The molecule has 2 unspecified atom stereocenters. The van der Waals surface area contributed by atoms with Crippen molar-refractivity contribution in [3.63, 3.8) is 0 Å². The second-order valence-corrected chi connectivity index (χ2v) is 4.85. The van der Waals surface area contributed by atoms with Crippen LogP contribution < -0.4 is 16.0 Å². The molecular formula is C11H20N6O. The predicted molar refractivity (Wildman–Crippen MR) is 70.4 cm³/mol. The highest BCUT2D eigenvalue weighted by Gasteiger charge is 2.25. The molecule has 1 aliphatic rings. The zero-order chi connectivity index (χ0) is 13.1. The van der Waals surface area contributed by atoms with E-state index in [2.05, 4.69) is 20.3 Å². The van der Waals surface area contributed by atoms with Gasteiger partial charge in [0.15, 0.2) is 0 Å². The Morgan fingerprint density at radius 3 is 2.72 bits per heavy atom. The molecule has 2 rings (SSSR count). The van der Waals surface area contributed by atoms with Gasteiger partial charge in [-0.15, -0.1) is 0 Å². The smallest absolute Gasteiger partial charge is 0.231 e. The Hall–Kier alpha value is -1.63. The zero-order valence-corrected chi connectivity index (χ0v) is 10.8. The number of nitrogens with one attached hydrogen (secondary N) is 1. The van der Waals surface area contributed by atoms with Gasteiger partial charge in [-0.2, -0.15) is 15.0 Å². The summed E-state index contributed by atoms with van der Waals surface area (Å²) in [5, 5.41) is 12.9. The molecule has 2 atom stereocenters. The van der Waals surface area contributed by atoms with Crippen molar-refractivity contribution in [2.24, 2.45) is 5.92 Å². The van der Waals surface area contributed by atoms with Crippen molar-refractivity contribution in [3.8, 4) is 0 Å². The van der Waals surface area contributed by atoms with E-state index in [0.717, 1.165) is 19.3 Å². The summed E-state index contributed by atoms with van der Waals surface area (Å²) < 4.78 is 0. The van der Waals surface area contributed by atoms with E-state index in [1.807, 2.05) is 14.1 Å². The van der Waals surface area contributed by atoms with E-state index in [1.165, 1.54) is 0 Å². The van der Waals surface area contributed by atoms with Gasteiger partial charge in [0.05, 0.1) is 6.10 Å². The topological polar surface area (TPSA) is 100 Å². The van der Waals surface area contributed by atoms with E-state index >= 15 is 0 Å². The highest BCUT2D eigenvalue weighted by Crippen LogP contribution is 2.25. The van der Waals surface area contributed by atoms with Crippen LogP contribution in [0.3, 0.4) is 0 Å². The first kappa shape index (κ1) is 12.8. The largest absolute Gasteiger partial charge is 0.393 e. The van der Waals surface area contributed by atoms with Crippen LogP contribution in [0.2, 0.25) is 0 Å². The third kappa shape index (κ3) is 2.98. The monoisotopic (exact) mass is 252 g/mol. The van der Waals surface area contributed by atoms with Crippen LogP contribution >= 0.6 is 0 Å². The molecule has 1 aromatic heterocycles. The maximum absolute atomic E-state index is 9.74. The van der Waals surface area contributed by atoms with Crippen molar-refractivity contribution >= 4 is 17.8 Å². The molecule has 1 saturated carbocycles. The van der Waals surface area contributed by atoms with Gasteiger partial charge in [0.25, 0.3) is 0 Å². The van der Waals surface area contributed by atoms with Gasteiger partial charge in [0, 0.05) is 26.6 Å². The van der Waals surface area contributed by atoms with E-state index in [1.54, 1.807) is 4.90 Å². The van der Waals surface area contributed by atoms with Gasteiger partial charge >= 0.3 is 0 Å². The van der Waals surface area contributed by atoms with E-state index in [4.69, 9.17) is 5.73 Å². The Bertz CT molecular complexity index is 411. The van der Waals surface area contributed by atoms with Gasteiger partial charge in [0.2, 0.25) is 17.8 Å². The molecule has 1 aromatic rings. The van der Waals surface area contributed by atoms with E-state index in [-0.39, 0.29) is 18.0 Å². The van der Waals surface area contributed by atoms with Crippen LogP contribution in [0.4, 0.5) is 17.8 Å². The van der Waals surface area contributed by atoms with E-state index < -0.39 is 0 Å². The van der Waals surface area contributed by atoms with Gasteiger partial charge < -0.3 is 21.1 Å². The first-order valence-corrected chi connectivity index (χ1v) is 6.17. The Balaban J connectivity index is 2.00. The number of aliphatic hydroxyl groups is 1. The molecule has 1 fully saturated rings. The minimum atomic E-state index is -0.218. The van der Waals surface area contributed by atoms with Gasteiger partial charge in [-0.05, 0) is 12.8 Å². The lowest BCUT2D eigenvalue weighted by molar-refractivity contribution is 0.138. The summed E-state index contributed by atoms with van der Waals surface area (Å²) in [6.07, 6.45) is 2.78. The second kappa shape index (κ2) is 5.34. The summed E-state index contributed by atoms with van der Waals surface area (Å²) in [6, 6.07) is 0. The summed E-state index contributed by atoms with van der Waals surface area (Å²) >= 11 is 0. The van der Waals surface area contributed by atoms with Crippen LogP contribution in [-0.2, 0) is 0 Å².